The van der Waals surface area contributed by atoms with E-state index in [4.69, 9.17) is 16.0 Å². The molecule has 0 aliphatic carbocycles. The largest absolute Gasteiger partial charge is 0.459 e. The van der Waals surface area contributed by atoms with Gasteiger partial charge in [0.1, 0.15) is 17.2 Å². The number of furan rings is 1. The maximum absolute atomic E-state index is 5.87. The van der Waals surface area contributed by atoms with Gasteiger partial charge in [0.25, 0.3) is 0 Å². The van der Waals surface area contributed by atoms with Gasteiger partial charge in [0.05, 0.1) is 6.04 Å². The number of fused-ring (bicyclic) bond motifs is 1. The van der Waals surface area contributed by atoms with Gasteiger partial charge in [0.15, 0.2) is 0 Å². The molecular formula is C15H16N4O. The van der Waals surface area contributed by atoms with Gasteiger partial charge in [-0.15, -0.1) is 0 Å². The Kier molecular flexibility index (Phi) is 3.37. The minimum atomic E-state index is -0.145. The lowest BCUT2D eigenvalue weighted by Crippen LogP contribution is -2.29. The van der Waals surface area contributed by atoms with Crippen molar-refractivity contribution in [1.82, 2.24) is 10.4 Å². The van der Waals surface area contributed by atoms with Crippen LogP contribution in [0.2, 0.25) is 0 Å². The molecule has 3 rings (SSSR count). The van der Waals surface area contributed by atoms with E-state index >= 15 is 0 Å². The summed E-state index contributed by atoms with van der Waals surface area (Å²) in [6.45, 7) is 0. The molecule has 0 fully saturated rings. The lowest BCUT2D eigenvalue weighted by atomic mass is 10.0. The summed E-state index contributed by atoms with van der Waals surface area (Å²) >= 11 is 0. The third-order valence-electron chi connectivity index (χ3n) is 3.34. The highest BCUT2D eigenvalue weighted by Crippen LogP contribution is 2.26. The van der Waals surface area contributed by atoms with Crippen LogP contribution in [0, 0.1) is 0 Å². The zero-order chi connectivity index (χ0) is 13.9. The van der Waals surface area contributed by atoms with Crippen LogP contribution in [0.3, 0.4) is 0 Å². The highest BCUT2D eigenvalue weighted by atomic mass is 16.3. The normalized spacial score (nSPS) is 12.7. The Balaban J connectivity index is 1.91. The highest BCUT2D eigenvalue weighted by Gasteiger charge is 2.17. The molecule has 0 bridgehead atoms. The van der Waals surface area contributed by atoms with Crippen molar-refractivity contribution in [2.24, 2.45) is 5.84 Å². The van der Waals surface area contributed by atoms with Crippen molar-refractivity contribution >= 4 is 16.8 Å². The van der Waals surface area contributed by atoms with E-state index in [0.717, 1.165) is 22.3 Å². The van der Waals surface area contributed by atoms with Gasteiger partial charge in [-0.2, -0.15) is 0 Å². The van der Waals surface area contributed by atoms with Crippen molar-refractivity contribution in [3.8, 4) is 0 Å². The molecule has 1 unspecified atom stereocenters. The fourth-order valence-electron chi connectivity index (χ4n) is 2.26. The van der Waals surface area contributed by atoms with E-state index in [9.17, 15) is 0 Å². The Labute approximate surface area is 116 Å². The number of rotatable bonds is 4. The number of anilines is 1. The van der Waals surface area contributed by atoms with Gasteiger partial charge >= 0.3 is 0 Å². The molecule has 0 aliphatic heterocycles. The summed E-state index contributed by atoms with van der Waals surface area (Å²) in [4.78, 5) is 4.08. The third-order valence-corrected chi connectivity index (χ3v) is 3.34. The Morgan fingerprint density at radius 2 is 2.05 bits per heavy atom. The number of hydrogen-bond donors (Lipinski definition) is 3. The van der Waals surface area contributed by atoms with Gasteiger partial charge in [-0.05, 0) is 30.2 Å². The average molecular weight is 268 g/mol. The van der Waals surface area contributed by atoms with Gasteiger partial charge in [-0.1, -0.05) is 24.3 Å². The fraction of sp³-hybridized carbons (Fsp3) is 0.133. The first-order valence-corrected chi connectivity index (χ1v) is 6.42. The monoisotopic (exact) mass is 268 g/mol. The second kappa shape index (κ2) is 5.32. The molecule has 102 valence electrons. The third kappa shape index (κ3) is 2.36. The van der Waals surface area contributed by atoms with Crippen LogP contribution >= 0.6 is 0 Å². The molecule has 2 aromatic heterocycles. The Bertz CT molecular complexity index is 689. The Hall–Kier alpha value is -2.37. The number of pyridine rings is 1. The minimum Gasteiger partial charge on any atom is -0.459 e. The van der Waals surface area contributed by atoms with E-state index < -0.39 is 0 Å². The molecule has 0 spiro atoms. The molecule has 0 amide bonds. The number of nitrogen functional groups attached to an aromatic ring is 1. The summed E-state index contributed by atoms with van der Waals surface area (Å²) in [6.07, 6.45) is 2.29. The number of aromatic nitrogens is 1. The van der Waals surface area contributed by atoms with Gasteiger partial charge in [0, 0.05) is 11.6 Å². The lowest BCUT2D eigenvalue weighted by molar-refractivity contribution is 0.434. The van der Waals surface area contributed by atoms with Crippen molar-refractivity contribution in [2.75, 3.05) is 5.73 Å². The average Bonchev–Trinajstić information content (AvgIpc) is 2.90. The van der Waals surface area contributed by atoms with Gasteiger partial charge in [-0.3, -0.25) is 5.84 Å². The molecule has 0 radical (unpaired) electrons. The van der Waals surface area contributed by atoms with Crippen molar-refractivity contribution < 1.29 is 4.42 Å². The maximum atomic E-state index is 5.87. The number of benzene rings is 1. The molecule has 0 aliphatic rings. The summed E-state index contributed by atoms with van der Waals surface area (Å²) in [6, 6.07) is 13.5. The highest BCUT2D eigenvalue weighted by molar-refractivity contribution is 5.77. The lowest BCUT2D eigenvalue weighted by Gasteiger charge is -2.14. The standard InChI is InChI=1S/C15H16N4O/c16-15-11(5-3-7-18-15)8-12(19-17)14-9-10-4-1-2-6-13(10)20-14/h1-7,9,12,19H,8,17H2,(H2,16,18). The van der Waals surface area contributed by atoms with E-state index in [1.165, 1.54) is 0 Å². The van der Waals surface area contributed by atoms with E-state index in [1.54, 1.807) is 6.20 Å². The molecule has 20 heavy (non-hydrogen) atoms. The molecule has 5 nitrogen and oxygen atoms in total. The second-order valence-corrected chi connectivity index (χ2v) is 4.66. The summed E-state index contributed by atoms with van der Waals surface area (Å²) in [5, 5.41) is 1.06. The van der Waals surface area contributed by atoms with E-state index in [-0.39, 0.29) is 6.04 Å². The molecule has 1 atom stereocenters. The Morgan fingerprint density at radius 1 is 1.20 bits per heavy atom. The van der Waals surface area contributed by atoms with Crippen molar-refractivity contribution in [2.45, 2.75) is 12.5 Å². The van der Waals surface area contributed by atoms with E-state index in [2.05, 4.69) is 10.4 Å². The van der Waals surface area contributed by atoms with Gasteiger partial charge in [-0.25, -0.2) is 10.4 Å². The number of para-hydroxylation sites is 1. The van der Waals surface area contributed by atoms with Crippen molar-refractivity contribution in [3.05, 3.63) is 60.0 Å². The number of hydrazine groups is 1. The van der Waals surface area contributed by atoms with Crippen molar-refractivity contribution in [3.63, 3.8) is 0 Å². The van der Waals surface area contributed by atoms with Crippen LogP contribution in [0.4, 0.5) is 5.82 Å². The Morgan fingerprint density at radius 3 is 2.80 bits per heavy atom. The first-order valence-electron chi connectivity index (χ1n) is 6.42. The van der Waals surface area contributed by atoms with Crippen LogP contribution in [0.5, 0.6) is 0 Å². The predicted molar refractivity (Wildman–Crippen MR) is 78.6 cm³/mol. The summed E-state index contributed by atoms with van der Waals surface area (Å²) in [5.74, 6) is 6.96. The van der Waals surface area contributed by atoms with Crippen LogP contribution < -0.4 is 17.0 Å². The van der Waals surface area contributed by atoms with Gasteiger partial charge < -0.3 is 10.2 Å². The zero-order valence-corrected chi connectivity index (χ0v) is 10.9. The molecule has 5 heteroatoms. The summed E-state index contributed by atoms with van der Waals surface area (Å²) < 4.78 is 5.83. The second-order valence-electron chi connectivity index (χ2n) is 4.66. The number of nitrogens with one attached hydrogen (secondary N) is 1. The van der Waals surface area contributed by atoms with Crippen LogP contribution in [0.1, 0.15) is 17.4 Å². The van der Waals surface area contributed by atoms with Crippen molar-refractivity contribution in [1.29, 1.82) is 0 Å². The molecule has 0 saturated carbocycles. The van der Waals surface area contributed by atoms with E-state index in [0.29, 0.717) is 12.2 Å². The quantitative estimate of drug-likeness (QED) is 0.498. The zero-order valence-electron chi connectivity index (χ0n) is 10.9. The smallest absolute Gasteiger partial charge is 0.134 e. The predicted octanol–water partition coefficient (Wildman–Crippen LogP) is 2.16. The molecule has 2 heterocycles. The fourth-order valence-corrected chi connectivity index (χ4v) is 2.26. The molecule has 3 aromatic rings. The molecule has 5 N–H and O–H groups in total. The molecule has 0 saturated heterocycles. The SMILES string of the molecule is NNC(Cc1cccnc1N)c1cc2ccccc2o1. The molecular weight excluding hydrogens is 252 g/mol. The minimum absolute atomic E-state index is 0.145. The number of hydrogen-bond acceptors (Lipinski definition) is 5. The maximum Gasteiger partial charge on any atom is 0.134 e. The van der Waals surface area contributed by atoms with Gasteiger partial charge in [0.2, 0.25) is 0 Å². The van der Waals surface area contributed by atoms with Crippen LogP contribution in [-0.4, -0.2) is 4.98 Å². The summed E-state index contributed by atoms with van der Waals surface area (Å²) in [7, 11) is 0. The number of nitrogens with two attached hydrogens (primary N) is 2. The van der Waals surface area contributed by atoms with Crippen LogP contribution in [0.25, 0.3) is 11.0 Å². The first kappa shape index (κ1) is 12.7. The first-order chi connectivity index (χ1) is 9.78. The van der Waals surface area contributed by atoms with Crippen LogP contribution in [0.15, 0.2) is 53.1 Å². The topological polar surface area (TPSA) is 90.1 Å². The van der Waals surface area contributed by atoms with E-state index in [1.807, 2.05) is 42.5 Å². The number of nitrogens with zero attached hydrogens (tertiary/aromatic N) is 1. The molecule has 1 aromatic carbocycles. The summed E-state index contributed by atoms with van der Waals surface area (Å²) in [5.41, 5.74) is 10.4. The van der Waals surface area contributed by atoms with Crippen LogP contribution in [-0.2, 0) is 6.42 Å².